The monoisotopic (exact) mass is 213 g/mol. The van der Waals surface area contributed by atoms with E-state index in [-0.39, 0.29) is 0 Å². The zero-order chi connectivity index (χ0) is 11.3. The molecule has 1 aromatic rings. The maximum Gasteiger partial charge on any atom is 0.188 e. The van der Waals surface area contributed by atoms with E-state index in [1.165, 1.54) is 4.80 Å². The number of aromatic nitrogens is 4. The van der Waals surface area contributed by atoms with E-state index in [9.17, 15) is 5.11 Å². The van der Waals surface area contributed by atoms with Gasteiger partial charge in [-0.05, 0) is 18.6 Å². The number of rotatable bonds is 6. The highest BCUT2D eigenvalue weighted by molar-refractivity contribution is 4.79. The molecule has 0 aliphatic heterocycles. The molecule has 0 spiro atoms. The molecular weight excluding hydrogens is 194 g/mol. The number of aliphatic hydroxyl groups is 1. The van der Waals surface area contributed by atoms with Crippen molar-refractivity contribution < 1.29 is 5.11 Å². The number of nitrogens with one attached hydrogen (secondary N) is 1. The quantitative estimate of drug-likeness (QED) is 0.687. The van der Waals surface area contributed by atoms with Crippen molar-refractivity contribution >= 4 is 0 Å². The van der Waals surface area contributed by atoms with Gasteiger partial charge in [-0.15, -0.1) is 10.2 Å². The number of aryl methyl sites for hydroxylation is 1. The first-order chi connectivity index (χ1) is 7.03. The third-order valence-corrected chi connectivity index (χ3v) is 2.13. The lowest BCUT2D eigenvalue weighted by molar-refractivity contribution is 0.0496. The predicted octanol–water partition coefficient (Wildman–Crippen LogP) is -0.149. The van der Waals surface area contributed by atoms with Gasteiger partial charge in [-0.2, -0.15) is 4.80 Å². The molecule has 1 aromatic heterocycles. The molecule has 1 unspecified atom stereocenters. The Balaban J connectivity index is 2.27. The largest absolute Gasteiger partial charge is 0.389 e. The Kier molecular flexibility index (Phi) is 4.16. The summed E-state index contributed by atoms with van der Waals surface area (Å²) in [5, 5.41) is 24.6. The van der Waals surface area contributed by atoms with Crippen LogP contribution in [-0.4, -0.2) is 37.5 Å². The molecular formula is C9H19N5O. The average molecular weight is 213 g/mol. The third-order valence-electron chi connectivity index (χ3n) is 2.13. The smallest absolute Gasteiger partial charge is 0.188 e. The highest BCUT2D eigenvalue weighted by Crippen LogP contribution is 2.09. The molecule has 15 heavy (non-hydrogen) atoms. The summed E-state index contributed by atoms with van der Waals surface area (Å²) >= 11 is 0. The van der Waals surface area contributed by atoms with Gasteiger partial charge in [0, 0.05) is 6.54 Å². The minimum Gasteiger partial charge on any atom is -0.389 e. The van der Waals surface area contributed by atoms with Crippen molar-refractivity contribution in [2.45, 2.75) is 38.8 Å². The number of hydrogen-bond acceptors (Lipinski definition) is 5. The van der Waals surface area contributed by atoms with E-state index in [1.807, 2.05) is 6.92 Å². The molecule has 0 saturated carbocycles. The van der Waals surface area contributed by atoms with Gasteiger partial charge in [0.05, 0.1) is 19.2 Å². The zero-order valence-corrected chi connectivity index (χ0v) is 9.56. The summed E-state index contributed by atoms with van der Waals surface area (Å²) in [6.45, 7) is 4.96. The Labute approximate surface area is 89.7 Å². The van der Waals surface area contributed by atoms with Gasteiger partial charge >= 0.3 is 0 Å². The van der Waals surface area contributed by atoms with Gasteiger partial charge in [-0.3, -0.25) is 0 Å². The van der Waals surface area contributed by atoms with Crippen LogP contribution < -0.4 is 5.32 Å². The molecule has 1 atom stereocenters. The maximum absolute atomic E-state index is 9.87. The second kappa shape index (κ2) is 5.18. The molecule has 1 heterocycles. The standard InChI is InChI=1S/C9H19N5O/c1-4-5-9(2,15)7-10-6-8-11-13-14(3)12-8/h10,15H,4-7H2,1-3H3. The van der Waals surface area contributed by atoms with Crippen molar-refractivity contribution in [1.82, 2.24) is 25.5 Å². The first-order valence-corrected chi connectivity index (χ1v) is 5.19. The molecule has 0 aromatic carbocycles. The molecule has 6 nitrogen and oxygen atoms in total. The van der Waals surface area contributed by atoms with Crippen molar-refractivity contribution in [3.05, 3.63) is 5.82 Å². The van der Waals surface area contributed by atoms with E-state index in [1.54, 1.807) is 7.05 Å². The minimum atomic E-state index is -0.656. The summed E-state index contributed by atoms with van der Waals surface area (Å²) in [6, 6.07) is 0. The molecule has 0 aliphatic rings. The first kappa shape index (κ1) is 12.1. The Hall–Kier alpha value is -1.01. The second-order valence-electron chi connectivity index (χ2n) is 4.05. The molecule has 86 valence electrons. The van der Waals surface area contributed by atoms with Crippen LogP contribution in [0.5, 0.6) is 0 Å². The first-order valence-electron chi connectivity index (χ1n) is 5.19. The van der Waals surface area contributed by atoms with Crippen molar-refractivity contribution in [3.8, 4) is 0 Å². The lowest BCUT2D eigenvalue weighted by Gasteiger charge is -2.22. The van der Waals surface area contributed by atoms with Crippen LogP contribution in [0.25, 0.3) is 0 Å². The van der Waals surface area contributed by atoms with Crippen molar-refractivity contribution in [2.75, 3.05) is 6.54 Å². The van der Waals surface area contributed by atoms with Gasteiger partial charge in [0.1, 0.15) is 0 Å². The Morgan fingerprint density at radius 3 is 2.80 bits per heavy atom. The van der Waals surface area contributed by atoms with Gasteiger partial charge in [-0.1, -0.05) is 13.3 Å². The van der Waals surface area contributed by atoms with Gasteiger partial charge < -0.3 is 10.4 Å². The van der Waals surface area contributed by atoms with E-state index in [4.69, 9.17) is 0 Å². The maximum atomic E-state index is 9.87. The average Bonchev–Trinajstić information content (AvgIpc) is 2.51. The van der Waals surface area contributed by atoms with Crippen molar-refractivity contribution in [3.63, 3.8) is 0 Å². The summed E-state index contributed by atoms with van der Waals surface area (Å²) in [5.74, 6) is 0.643. The zero-order valence-electron chi connectivity index (χ0n) is 9.56. The van der Waals surface area contributed by atoms with Crippen LogP contribution in [0.15, 0.2) is 0 Å². The topological polar surface area (TPSA) is 75.9 Å². The van der Waals surface area contributed by atoms with Crippen LogP contribution >= 0.6 is 0 Å². The van der Waals surface area contributed by atoms with E-state index in [2.05, 4.69) is 27.7 Å². The van der Waals surface area contributed by atoms with Gasteiger partial charge in [0.25, 0.3) is 0 Å². The molecule has 0 saturated heterocycles. The summed E-state index contributed by atoms with van der Waals surface area (Å²) in [7, 11) is 1.73. The fraction of sp³-hybridized carbons (Fsp3) is 0.889. The second-order valence-corrected chi connectivity index (χ2v) is 4.05. The van der Waals surface area contributed by atoms with Crippen molar-refractivity contribution in [1.29, 1.82) is 0 Å². The summed E-state index contributed by atoms with van der Waals surface area (Å²) in [6.07, 6.45) is 1.76. The number of nitrogens with zero attached hydrogens (tertiary/aromatic N) is 4. The highest BCUT2D eigenvalue weighted by atomic mass is 16.3. The van der Waals surface area contributed by atoms with Crippen LogP contribution in [0.4, 0.5) is 0 Å². The molecule has 6 heteroatoms. The molecule has 1 rings (SSSR count). The SMILES string of the molecule is CCCC(C)(O)CNCc1nnn(C)n1. The summed E-state index contributed by atoms with van der Waals surface area (Å²) in [5.41, 5.74) is -0.656. The summed E-state index contributed by atoms with van der Waals surface area (Å²) in [4.78, 5) is 1.42. The molecule has 0 fully saturated rings. The lowest BCUT2D eigenvalue weighted by Crippen LogP contribution is -2.37. The predicted molar refractivity (Wildman–Crippen MR) is 56.0 cm³/mol. The molecule has 0 bridgehead atoms. The molecule has 0 radical (unpaired) electrons. The van der Waals surface area contributed by atoms with E-state index in [0.29, 0.717) is 18.9 Å². The van der Waals surface area contributed by atoms with E-state index < -0.39 is 5.60 Å². The van der Waals surface area contributed by atoms with Crippen LogP contribution in [0.1, 0.15) is 32.5 Å². The normalized spacial score (nSPS) is 15.2. The molecule has 2 N–H and O–H groups in total. The van der Waals surface area contributed by atoms with Crippen LogP contribution in [0, 0.1) is 0 Å². The van der Waals surface area contributed by atoms with Crippen LogP contribution in [-0.2, 0) is 13.6 Å². The Morgan fingerprint density at radius 2 is 2.27 bits per heavy atom. The van der Waals surface area contributed by atoms with Gasteiger partial charge in [0.15, 0.2) is 5.82 Å². The third kappa shape index (κ3) is 4.35. The van der Waals surface area contributed by atoms with Crippen LogP contribution in [0.2, 0.25) is 0 Å². The Bertz CT molecular complexity index is 296. The van der Waals surface area contributed by atoms with E-state index >= 15 is 0 Å². The van der Waals surface area contributed by atoms with Crippen molar-refractivity contribution in [2.24, 2.45) is 7.05 Å². The number of hydrogen-bond donors (Lipinski definition) is 2. The molecule has 0 amide bonds. The minimum absolute atomic E-state index is 0.535. The Morgan fingerprint density at radius 1 is 1.53 bits per heavy atom. The summed E-state index contributed by atoms with van der Waals surface area (Å²) < 4.78 is 0. The van der Waals surface area contributed by atoms with E-state index in [0.717, 1.165) is 12.8 Å². The molecule has 0 aliphatic carbocycles. The fourth-order valence-electron chi connectivity index (χ4n) is 1.46. The highest BCUT2D eigenvalue weighted by Gasteiger charge is 2.18. The fourth-order valence-corrected chi connectivity index (χ4v) is 1.46. The number of tetrazole rings is 1. The van der Waals surface area contributed by atoms with Gasteiger partial charge in [-0.25, -0.2) is 0 Å². The van der Waals surface area contributed by atoms with Crippen LogP contribution in [0.3, 0.4) is 0 Å². The van der Waals surface area contributed by atoms with Gasteiger partial charge in [0.2, 0.25) is 0 Å². The lowest BCUT2D eigenvalue weighted by atomic mass is 10.0.